The maximum atomic E-state index is 0. The summed E-state index contributed by atoms with van der Waals surface area (Å²) >= 11 is 0. The topological polar surface area (TPSA) is 0 Å². The Kier molecular flexibility index (Phi) is 425. The van der Waals surface area contributed by atoms with Crippen molar-refractivity contribution in [1.29, 1.82) is 0 Å². The molecular weight excluding hydrogens is 150 g/mol. The molecule has 0 radical (unpaired) electrons. The van der Waals surface area contributed by atoms with E-state index in [2.05, 4.69) is 0 Å². The van der Waals surface area contributed by atoms with Crippen LogP contribution in [0.1, 0.15) is 0 Å². The van der Waals surface area contributed by atoms with Gasteiger partial charge in [0.25, 0.3) is 0 Å². The summed E-state index contributed by atoms with van der Waals surface area (Å²) in [4.78, 5) is 0. The Labute approximate surface area is 74.7 Å². The van der Waals surface area contributed by atoms with Gasteiger partial charge in [0, 0.05) is 0 Å². The molecule has 0 fully saturated rings. The smallest absolute Gasteiger partial charge is 2.00 e. The van der Waals surface area contributed by atoms with E-state index >= 15 is 0 Å². The molecule has 0 N–H and O–H groups in total. The van der Waals surface area contributed by atoms with Gasteiger partial charge in [-0.15, -0.1) is 0 Å². The van der Waals surface area contributed by atoms with Crippen LogP contribution in [0.2, 0.25) is 0 Å². The largest absolute Gasteiger partial charge is 3.00 e. The predicted octanol–water partition coefficient (Wildman–Crippen LogP) is -0.769. The molecule has 0 nitrogen and oxygen atoms in total. The van der Waals surface area contributed by atoms with E-state index < -0.39 is 0 Å². The second-order valence-electron chi connectivity index (χ2n) is 0. The minimum absolute atomic E-state index is 0. The van der Waals surface area contributed by atoms with E-state index in [1.807, 2.05) is 0 Å². The van der Waals surface area contributed by atoms with Crippen LogP contribution in [0.15, 0.2) is 0 Å². The Morgan fingerprint density at radius 3 is 0.400 bits per heavy atom. The fraction of sp³-hybridized carbons (Fsp3) is 0. The molecular formula is Al2S3. The van der Waals surface area contributed by atoms with Gasteiger partial charge in [-0.3, -0.25) is 0 Å². The molecule has 24 valence electrons. The van der Waals surface area contributed by atoms with Gasteiger partial charge < -0.3 is 40.5 Å². The van der Waals surface area contributed by atoms with Gasteiger partial charge in [-0.05, 0) is 0 Å². The van der Waals surface area contributed by atoms with Crippen molar-refractivity contribution in [2.24, 2.45) is 0 Å². The van der Waals surface area contributed by atoms with Crippen LogP contribution in [0.5, 0.6) is 0 Å². The molecule has 0 aromatic carbocycles. The van der Waals surface area contributed by atoms with Crippen LogP contribution in [0.25, 0.3) is 0 Å². The third-order valence-electron chi connectivity index (χ3n) is 0. The quantitative estimate of drug-likeness (QED) is 0.398. The van der Waals surface area contributed by atoms with Gasteiger partial charge >= 0.3 is 34.7 Å². The van der Waals surface area contributed by atoms with Crippen LogP contribution >= 0.6 is 0 Å². The van der Waals surface area contributed by atoms with Gasteiger partial charge in [-0.25, -0.2) is 0 Å². The minimum Gasteiger partial charge on any atom is -2.00 e. The molecule has 5 heavy (non-hydrogen) atoms. The summed E-state index contributed by atoms with van der Waals surface area (Å²) in [5, 5.41) is 0. The summed E-state index contributed by atoms with van der Waals surface area (Å²) < 4.78 is 0. The average molecular weight is 150 g/mol. The first-order valence-electron chi connectivity index (χ1n) is 0. The number of hydrogen-bond acceptors (Lipinski definition) is 0. The van der Waals surface area contributed by atoms with Crippen molar-refractivity contribution >= 4 is 75.2 Å². The Balaban J connectivity index is 0. The van der Waals surface area contributed by atoms with Crippen molar-refractivity contribution in [3.8, 4) is 0 Å². The first-order valence-corrected chi connectivity index (χ1v) is 0. The van der Waals surface area contributed by atoms with Crippen molar-refractivity contribution < 1.29 is 0 Å². The summed E-state index contributed by atoms with van der Waals surface area (Å²) in [5.74, 6) is 0. The number of hydrogen-bond donors (Lipinski definition) is 0. The summed E-state index contributed by atoms with van der Waals surface area (Å²) in [7, 11) is 0. The van der Waals surface area contributed by atoms with Crippen molar-refractivity contribution in [3.63, 3.8) is 0 Å². The van der Waals surface area contributed by atoms with Crippen molar-refractivity contribution in [1.82, 2.24) is 0 Å². The molecule has 0 heterocycles. The zero-order chi connectivity index (χ0) is 0. The Hall–Kier alpha value is 2.11. The first-order chi connectivity index (χ1) is 0. The third-order valence-corrected chi connectivity index (χ3v) is 0. The summed E-state index contributed by atoms with van der Waals surface area (Å²) in [6.07, 6.45) is 0. The molecule has 0 saturated carbocycles. The molecule has 0 saturated heterocycles. The van der Waals surface area contributed by atoms with Gasteiger partial charge in [-0.2, -0.15) is 0 Å². The van der Waals surface area contributed by atoms with Gasteiger partial charge in [0.15, 0.2) is 0 Å². The molecule has 0 bridgehead atoms. The van der Waals surface area contributed by atoms with Gasteiger partial charge in [0.1, 0.15) is 0 Å². The zero-order valence-corrected chi connectivity index (χ0v) is 7.14. The molecule has 0 aliphatic heterocycles. The summed E-state index contributed by atoms with van der Waals surface area (Å²) in [5.41, 5.74) is 0. The van der Waals surface area contributed by atoms with Crippen LogP contribution in [0.3, 0.4) is 0 Å². The molecule has 5 heteroatoms. The molecule has 0 aliphatic rings. The normalized spacial score (nSPS) is 0. The van der Waals surface area contributed by atoms with Gasteiger partial charge in [-0.1, -0.05) is 0 Å². The standard InChI is InChI=1S/2Al.3S/q2*+3;3*-2. The van der Waals surface area contributed by atoms with Crippen LogP contribution in [0, 0.1) is 0 Å². The molecule has 0 unspecified atom stereocenters. The fourth-order valence-corrected chi connectivity index (χ4v) is 0. The maximum absolute atomic E-state index is 0. The summed E-state index contributed by atoms with van der Waals surface area (Å²) in [6.45, 7) is 0. The molecule has 0 rings (SSSR count). The maximum Gasteiger partial charge on any atom is 3.00 e. The van der Waals surface area contributed by atoms with Crippen molar-refractivity contribution in [2.75, 3.05) is 0 Å². The van der Waals surface area contributed by atoms with E-state index in [1.165, 1.54) is 0 Å². The monoisotopic (exact) mass is 150 g/mol. The fourth-order valence-electron chi connectivity index (χ4n) is 0. The second-order valence-corrected chi connectivity index (χ2v) is 0. The Morgan fingerprint density at radius 2 is 0.400 bits per heavy atom. The van der Waals surface area contributed by atoms with E-state index in [4.69, 9.17) is 0 Å². The van der Waals surface area contributed by atoms with E-state index in [9.17, 15) is 0 Å². The van der Waals surface area contributed by atoms with Crippen LogP contribution in [-0.4, -0.2) is 34.7 Å². The van der Waals surface area contributed by atoms with E-state index in [-0.39, 0.29) is 75.2 Å². The number of rotatable bonds is 0. The van der Waals surface area contributed by atoms with E-state index in [1.54, 1.807) is 0 Å². The first kappa shape index (κ1) is 59.5. The molecule has 0 aromatic rings. The van der Waals surface area contributed by atoms with Crippen LogP contribution < -0.4 is 0 Å². The Morgan fingerprint density at radius 1 is 0.400 bits per heavy atom. The van der Waals surface area contributed by atoms with E-state index in [0.29, 0.717) is 0 Å². The third kappa shape index (κ3) is 23.1. The Bertz CT molecular complexity index is 4.85. The molecule has 0 spiro atoms. The molecule has 0 aliphatic carbocycles. The van der Waals surface area contributed by atoms with Crippen molar-refractivity contribution in [3.05, 3.63) is 0 Å². The van der Waals surface area contributed by atoms with Gasteiger partial charge in [0.05, 0.1) is 0 Å². The minimum atomic E-state index is 0. The predicted molar refractivity (Wildman–Crippen MR) is 33.6 cm³/mol. The molecule has 0 atom stereocenters. The molecule has 0 aromatic heterocycles. The average Bonchev–Trinajstić information content (AvgIpc) is 0. The molecule has 0 amide bonds. The zero-order valence-electron chi connectivity index (χ0n) is 2.38. The van der Waals surface area contributed by atoms with Gasteiger partial charge in [0.2, 0.25) is 0 Å². The van der Waals surface area contributed by atoms with Crippen LogP contribution in [0.4, 0.5) is 0 Å². The summed E-state index contributed by atoms with van der Waals surface area (Å²) in [6, 6.07) is 0. The van der Waals surface area contributed by atoms with E-state index in [0.717, 1.165) is 0 Å². The second kappa shape index (κ2) is 35.8. The van der Waals surface area contributed by atoms with Crippen LogP contribution in [-0.2, 0) is 40.5 Å². The van der Waals surface area contributed by atoms with Crippen molar-refractivity contribution in [2.45, 2.75) is 0 Å². The SMILES string of the molecule is [Al+3].[Al+3].[S-2].[S-2].[S-2].